The second-order valence-corrected chi connectivity index (χ2v) is 9.47. The molecule has 0 aliphatic heterocycles. The lowest BCUT2D eigenvalue weighted by molar-refractivity contribution is 0.586. The van der Waals surface area contributed by atoms with E-state index in [9.17, 15) is 12.8 Å². The van der Waals surface area contributed by atoms with Gasteiger partial charge in [0.2, 0.25) is 0 Å². The van der Waals surface area contributed by atoms with Crippen molar-refractivity contribution in [1.82, 2.24) is 3.97 Å². The number of halogens is 1. The van der Waals surface area contributed by atoms with Crippen LogP contribution in [-0.4, -0.2) is 12.4 Å². The monoisotopic (exact) mass is 405 g/mol. The van der Waals surface area contributed by atoms with Gasteiger partial charge in [0.05, 0.1) is 10.4 Å². The molecular formula is C24H20FNO2S. The van der Waals surface area contributed by atoms with Crippen LogP contribution in [0.3, 0.4) is 0 Å². The maximum atomic E-state index is 13.6. The summed E-state index contributed by atoms with van der Waals surface area (Å²) < 4.78 is 42.0. The Morgan fingerprint density at radius 3 is 2.31 bits per heavy atom. The number of hydrogen-bond acceptors (Lipinski definition) is 2. The zero-order chi connectivity index (χ0) is 20.2. The maximum Gasteiger partial charge on any atom is 0.268 e. The number of benzene rings is 3. The highest BCUT2D eigenvalue weighted by molar-refractivity contribution is 7.90. The van der Waals surface area contributed by atoms with E-state index in [-0.39, 0.29) is 16.6 Å². The third kappa shape index (κ3) is 2.88. The van der Waals surface area contributed by atoms with E-state index in [1.807, 2.05) is 43.3 Å². The van der Waals surface area contributed by atoms with Crippen LogP contribution in [0.4, 0.5) is 4.39 Å². The zero-order valence-electron chi connectivity index (χ0n) is 16.0. The van der Waals surface area contributed by atoms with Gasteiger partial charge in [-0.2, -0.15) is 0 Å². The van der Waals surface area contributed by atoms with Crippen LogP contribution in [0, 0.1) is 12.7 Å². The first-order valence-electron chi connectivity index (χ1n) is 9.64. The van der Waals surface area contributed by atoms with E-state index in [4.69, 9.17) is 0 Å². The van der Waals surface area contributed by atoms with E-state index in [1.165, 1.54) is 16.1 Å². The molecule has 146 valence electrons. The van der Waals surface area contributed by atoms with E-state index in [2.05, 4.69) is 0 Å². The number of nitrogens with zero attached hydrogens (tertiary/aromatic N) is 1. The summed E-state index contributed by atoms with van der Waals surface area (Å²) >= 11 is 0. The maximum absolute atomic E-state index is 13.6. The summed E-state index contributed by atoms with van der Waals surface area (Å²) in [4.78, 5) is 0.289. The minimum Gasteiger partial charge on any atom is -0.238 e. The Morgan fingerprint density at radius 1 is 0.897 bits per heavy atom. The highest BCUT2D eigenvalue weighted by atomic mass is 32.2. The van der Waals surface area contributed by atoms with Crippen LogP contribution in [0.5, 0.6) is 0 Å². The number of para-hydroxylation sites is 1. The van der Waals surface area contributed by atoms with Gasteiger partial charge in [0, 0.05) is 11.1 Å². The predicted molar refractivity (Wildman–Crippen MR) is 112 cm³/mol. The summed E-state index contributed by atoms with van der Waals surface area (Å²) in [5.41, 5.74) is 4.68. The Bertz CT molecular complexity index is 1320. The second kappa shape index (κ2) is 6.56. The fourth-order valence-electron chi connectivity index (χ4n) is 4.38. The van der Waals surface area contributed by atoms with Crippen molar-refractivity contribution in [2.45, 2.75) is 30.6 Å². The van der Waals surface area contributed by atoms with Crippen molar-refractivity contribution in [3.8, 4) is 0 Å². The molecular weight excluding hydrogens is 385 g/mol. The minimum absolute atomic E-state index is 0.143. The van der Waals surface area contributed by atoms with Gasteiger partial charge in [0.1, 0.15) is 5.82 Å². The highest BCUT2D eigenvalue weighted by Gasteiger charge is 2.33. The van der Waals surface area contributed by atoms with Gasteiger partial charge in [-0.25, -0.2) is 16.8 Å². The molecule has 0 saturated heterocycles. The van der Waals surface area contributed by atoms with Gasteiger partial charge in [-0.15, -0.1) is 0 Å². The van der Waals surface area contributed by atoms with E-state index in [0.717, 1.165) is 39.7 Å². The third-order valence-electron chi connectivity index (χ3n) is 5.83. The molecule has 0 bridgehead atoms. The lowest BCUT2D eigenvalue weighted by atomic mass is 9.96. The van der Waals surface area contributed by atoms with Crippen LogP contribution < -0.4 is 0 Å². The fraction of sp³-hybridized carbons (Fsp3) is 0.167. The van der Waals surface area contributed by atoms with Crippen molar-refractivity contribution < 1.29 is 12.8 Å². The standard InChI is InChI=1S/C24H20FNO2S/c1-16-6-12-20(13-7-16)29(27,28)26-23-5-3-2-4-21(23)22-14-18(15-24(22)26)17-8-10-19(25)11-9-17/h2-13,18H,14-15H2,1H3. The van der Waals surface area contributed by atoms with E-state index >= 15 is 0 Å². The van der Waals surface area contributed by atoms with Crippen LogP contribution in [0.15, 0.2) is 77.7 Å². The average molecular weight is 405 g/mol. The van der Waals surface area contributed by atoms with Gasteiger partial charge in [-0.3, -0.25) is 0 Å². The first-order valence-corrected chi connectivity index (χ1v) is 11.1. The quantitative estimate of drug-likeness (QED) is 0.469. The number of hydrogen-bond donors (Lipinski definition) is 0. The van der Waals surface area contributed by atoms with Crippen molar-refractivity contribution in [3.05, 3.63) is 101 Å². The van der Waals surface area contributed by atoms with Crippen LogP contribution in [0.1, 0.15) is 28.3 Å². The van der Waals surface area contributed by atoms with Crippen LogP contribution >= 0.6 is 0 Å². The summed E-state index contributed by atoms with van der Waals surface area (Å²) in [7, 11) is -3.72. The number of aromatic nitrogens is 1. The highest BCUT2D eigenvalue weighted by Crippen LogP contribution is 2.41. The van der Waals surface area contributed by atoms with Crippen molar-refractivity contribution in [3.63, 3.8) is 0 Å². The molecule has 0 N–H and O–H groups in total. The zero-order valence-corrected chi connectivity index (χ0v) is 16.8. The van der Waals surface area contributed by atoms with Gasteiger partial charge >= 0.3 is 0 Å². The molecule has 1 aliphatic carbocycles. The van der Waals surface area contributed by atoms with Crippen LogP contribution in [0.25, 0.3) is 10.9 Å². The Balaban J connectivity index is 1.68. The van der Waals surface area contributed by atoms with Gasteiger partial charge in [0.15, 0.2) is 0 Å². The number of fused-ring (bicyclic) bond motifs is 3. The normalized spacial score (nSPS) is 16.3. The van der Waals surface area contributed by atoms with Gasteiger partial charge in [-0.05, 0) is 67.1 Å². The molecule has 3 nitrogen and oxygen atoms in total. The van der Waals surface area contributed by atoms with Gasteiger partial charge in [-0.1, -0.05) is 48.0 Å². The summed E-state index contributed by atoms with van der Waals surface area (Å²) in [5.74, 6) is -0.120. The molecule has 4 aromatic rings. The topological polar surface area (TPSA) is 39.1 Å². The van der Waals surface area contributed by atoms with Gasteiger partial charge < -0.3 is 0 Å². The lowest BCUT2D eigenvalue weighted by Gasteiger charge is -2.14. The van der Waals surface area contributed by atoms with E-state index in [0.29, 0.717) is 6.42 Å². The molecule has 5 heteroatoms. The molecule has 0 saturated carbocycles. The summed E-state index contributed by atoms with van der Waals surface area (Å²) in [5, 5.41) is 0.975. The fourth-order valence-corrected chi connectivity index (χ4v) is 5.96. The molecule has 5 rings (SSSR count). The molecule has 0 fully saturated rings. The van der Waals surface area contributed by atoms with Crippen LogP contribution in [-0.2, 0) is 22.9 Å². The minimum atomic E-state index is -3.72. The molecule has 3 aromatic carbocycles. The van der Waals surface area contributed by atoms with Crippen molar-refractivity contribution in [2.24, 2.45) is 0 Å². The van der Waals surface area contributed by atoms with Crippen molar-refractivity contribution in [1.29, 1.82) is 0 Å². The Morgan fingerprint density at radius 2 is 1.59 bits per heavy atom. The smallest absolute Gasteiger partial charge is 0.238 e. The average Bonchev–Trinajstić information content (AvgIpc) is 3.26. The SMILES string of the molecule is Cc1ccc(S(=O)(=O)n2c3c(c4ccccc42)CC(c2ccc(F)cc2)C3)cc1. The van der Waals surface area contributed by atoms with Crippen molar-refractivity contribution in [2.75, 3.05) is 0 Å². The molecule has 0 radical (unpaired) electrons. The van der Waals surface area contributed by atoms with Crippen LogP contribution in [0.2, 0.25) is 0 Å². The Kier molecular flexibility index (Phi) is 4.10. The molecule has 29 heavy (non-hydrogen) atoms. The molecule has 0 amide bonds. The van der Waals surface area contributed by atoms with Crippen molar-refractivity contribution >= 4 is 20.9 Å². The largest absolute Gasteiger partial charge is 0.268 e. The summed E-state index contributed by atoms with van der Waals surface area (Å²) in [6.45, 7) is 1.94. The number of rotatable bonds is 3. The Hall–Kier alpha value is -2.92. The molecule has 1 atom stereocenters. The molecule has 1 aromatic heterocycles. The predicted octanol–water partition coefficient (Wildman–Crippen LogP) is 5.21. The summed E-state index contributed by atoms with van der Waals surface area (Å²) in [6.07, 6.45) is 1.36. The first-order chi connectivity index (χ1) is 13.9. The molecule has 1 heterocycles. The molecule has 1 unspecified atom stereocenters. The first kappa shape index (κ1) is 18.1. The Labute approximate surface area is 169 Å². The molecule has 1 aliphatic rings. The van der Waals surface area contributed by atoms with Gasteiger partial charge in [0.25, 0.3) is 10.0 Å². The summed E-state index contributed by atoms with van der Waals surface area (Å²) in [6, 6.07) is 21.2. The lowest BCUT2D eigenvalue weighted by Crippen LogP contribution is -2.16. The molecule has 0 spiro atoms. The van der Waals surface area contributed by atoms with E-state index in [1.54, 1.807) is 24.3 Å². The van der Waals surface area contributed by atoms with E-state index < -0.39 is 10.0 Å². The number of aryl methyl sites for hydroxylation is 1. The third-order valence-corrected chi connectivity index (χ3v) is 7.60. The second-order valence-electron chi connectivity index (χ2n) is 7.68.